The molecule has 3 amide bonds. The van der Waals surface area contributed by atoms with Crippen molar-refractivity contribution >= 4 is 38.6 Å². The molecular weight excluding hydrogens is 466 g/mol. The summed E-state index contributed by atoms with van der Waals surface area (Å²) < 4.78 is 34.1. The monoisotopic (exact) mass is 495 g/mol. The number of nitrogens with zero attached hydrogens (tertiary/aromatic N) is 2. The Morgan fingerprint density at radius 1 is 1.03 bits per heavy atom. The number of anilines is 1. The van der Waals surface area contributed by atoms with Crippen LogP contribution < -0.4 is 5.32 Å². The summed E-state index contributed by atoms with van der Waals surface area (Å²) in [6, 6.07) is 18.1. The number of carbonyl (C=O) groups is 2. The molecule has 1 aliphatic heterocycles. The zero-order valence-corrected chi connectivity index (χ0v) is 20.6. The van der Waals surface area contributed by atoms with Gasteiger partial charge in [-0.05, 0) is 55.8 Å². The molecular formula is C26H29N3O5S. The van der Waals surface area contributed by atoms with Crippen LogP contribution in [0.4, 0.5) is 15.3 Å². The standard InChI is InChI=1S/C26H29N3O5S/c1-3-34-26(31)28-16-14-22(15-17-28)29(25(30)27-21-11-6-8-19(2)18-21)35(32,33)24-13-7-10-20-9-4-5-12-23(20)24/h4-13,18,22H,3,14-17H2,1-2H3,(H,27,30). The summed E-state index contributed by atoms with van der Waals surface area (Å²) in [6.07, 6.45) is 0.187. The van der Waals surface area contributed by atoms with E-state index >= 15 is 0 Å². The molecule has 1 fully saturated rings. The Bertz CT molecular complexity index is 1330. The van der Waals surface area contributed by atoms with Gasteiger partial charge in [0.1, 0.15) is 0 Å². The molecule has 4 rings (SSSR count). The summed E-state index contributed by atoms with van der Waals surface area (Å²) in [5.74, 6) is 0. The maximum absolute atomic E-state index is 14.0. The first kappa shape index (κ1) is 24.5. The van der Waals surface area contributed by atoms with Crippen LogP contribution >= 0.6 is 0 Å². The van der Waals surface area contributed by atoms with Gasteiger partial charge in [-0.15, -0.1) is 0 Å². The number of urea groups is 1. The Balaban J connectivity index is 1.70. The van der Waals surface area contributed by atoms with Crippen LogP contribution in [0.15, 0.2) is 71.6 Å². The minimum atomic E-state index is -4.22. The zero-order valence-electron chi connectivity index (χ0n) is 19.8. The van der Waals surface area contributed by atoms with Crippen molar-refractivity contribution in [2.24, 2.45) is 0 Å². The first-order chi connectivity index (χ1) is 16.8. The first-order valence-corrected chi connectivity index (χ1v) is 13.1. The van der Waals surface area contributed by atoms with Gasteiger partial charge < -0.3 is 15.0 Å². The van der Waals surface area contributed by atoms with Crippen LogP contribution in [-0.4, -0.2) is 55.5 Å². The number of sulfonamides is 1. The maximum Gasteiger partial charge on any atom is 0.409 e. The normalized spacial score (nSPS) is 14.5. The third-order valence-corrected chi connectivity index (χ3v) is 7.97. The van der Waals surface area contributed by atoms with Gasteiger partial charge in [-0.2, -0.15) is 0 Å². The topological polar surface area (TPSA) is 96.0 Å². The van der Waals surface area contributed by atoms with Crippen molar-refractivity contribution in [1.82, 2.24) is 9.21 Å². The van der Waals surface area contributed by atoms with Crippen LogP contribution in [0.2, 0.25) is 0 Å². The van der Waals surface area contributed by atoms with Crippen molar-refractivity contribution in [2.45, 2.75) is 37.6 Å². The Morgan fingerprint density at radius 3 is 2.43 bits per heavy atom. The lowest BCUT2D eigenvalue weighted by molar-refractivity contribution is 0.0911. The number of likely N-dealkylation sites (tertiary alicyclic amines) is 1. The SMILES string of the molecule is CCOC(=O)N1CCC(N(C(=O)Nc2cccc(C)c2)S(=O)(=O)c2cccc3ccccc23)CC1. The van der Waals surface area contributed by atoms with E-state index in [1.54, 1.807) is 48.2 Å². The number of hydrogen-bond donors (Lipinski definition) is 1. The van der Waals surface area contributed by atoms with E-state index in [-0.39, 0.29) is 11.5 Å². The van der Waals surface area contributed by atoms with Crippen LogP contribution in [0.25, 0.3) is 10.8 Å². The second-order valence-electron chi connectivity index (χ2n) is 8.49. The number of nitrogens with one attached hydrogen (secondary N) is 1. The second kappa shape index (κ2) is 10.4. The Kier molecular flexibility index (Phi) is 7.25. The fourth-order valence-corrected chi connectivity index (χ4v) is 6.19. The number of piperidine rings is 1. The van der Waals surface area contributed by atoms with Gasteiger partial charge in [0.15, 0.2) is 0 Å². The van der Waals surface area contributed by atoms with Gasteiger partial charge >= 0.3 is 12.1 Å². The summed E-state index contributed by atoms with van der Waals surface area (Å²) in [6.45, 7) is 4.48. The molecule has 0 atom stereocenters. The average Bonchev–Trinajstić information content (AvgIpc) is 2.84. The molecule has 0 aliphatic carbocycles. The number of carbonyl (C=O) groups excluding carboxylic acids is 2. The number of hydrogen-bond acceptors (Lipinski definition) is 5. The lowest BCUT2D eigenvalue weighted by Crippen LogP contribution is -2.52. The van der Waals surface area contributed by atoms with Crippen molar-refractivity contribution in [2.75, 3.05) is 25.0 Å². The van der Waals surface area contributed by atoms with Gasteiger partial charge in [0.25, 0.3) is 10.0 Å². The molecule has 3 aromatic rings. The molecule has 1 N–H and O–H groups in total. The first-order valence-electron chi connectivity index (χ1n) is 11.6. The number of fused-ring (bicyclic) bond motifs is 1. The minimum Gasteiger partial charge on any atom is -0.450 e. The summed E-state index contributed by atoms with van der Waals surface area (Å²) >= 11 is 0. The van der Waals surface area contributed by atoms with Crippen LogP contribution in [0.3, 0.4) is 0 Å². The number of aryl methyl sites for hydroxylation is 1. The molecule has 0 spiro atoms. The van der Waals surface area contributed by atoms with E-state index in [4.69, 9.17) is 4.74 Å². The number of rotatable bonds is 5. The molecule has 1 aliphatic rings. The molecule has 3 aromatic carbocycles. The van der Waals surface area contributed by atoms with Crippen LogP contribution in [0, 0.1) is 6.92 Å². The zero-order chi connectivity index (χ0) is 25.0. The highest BCUT2D eigenvalue weighted by atomic mass is 32.2. The molecule has 0 bridgehead atoms. The Hall–Kier alpha value is -3.59. The Labute approximate surface area is 205 Å². The molecule has 0 unspecified atom stereocenters. The lowest BCUT2D eigenvalue weighted by atomic mass is 10.1. The van der Waals surface area contributed by atoms with Crippen molar-refractivity contribution in [3.05, 3.63) is 72.3 Å². The predicted octanol–water partition coefficient (Wildman–Crippen LogP) is 4.99. The molecule has 184 valence electrons. The van der Waals surface area contributed by atoms with Gasteiger partial charge in [0.05, 0.1) is 17.5 Å². The fraction of sp³-hybridized carbons (Fsp3) is 0.308. The molecule has 0 aromatic heterocycles. The van der Waals surface area contributed by atoms with Crippen molar-refractivity contribution in [3.8, 4) is 0 Å². The third kappa shape index (κ3) is 5.24. The van der Waals surface area contributed by atoms with Gasteiger partial charge in [-0.3, -0.25) is 0 Å². The summed E-state index contributed by atoms with van der Waals surface area (Å²) in [4.78, 5) is 27.3. The van der Waals surface area contributed by atoms with Crippen molar-refractivity contribution in [3.63, 3.8) is 0 Å². The van der Waals surface area contributed by atoms with Gasteiger partial charge in [0, 0.05) is 24.2 Å². The van der Waals surface area contributed by atoms with Crippen LogP contribution in [0.5, 0.6) is 0 Å². The molecule has 35 heavy (non-hydrogen) atoms. The molecule has 0 saturated carbocycles. The largest absolute Gasteiger partial charge is 0.450 e. The van der Waals surface area contributed by atoms with E-state index in [1.807, 2.05) is 31.2 Å². The number of benzene rings is 3. The van der Waals surface area contributed by atoms with Gasteiger partial charge in [-0.1, -0.05) is 48.5 Å². The van der Waals surface area contributed by atoms with Crippen LogP contribution in [0.1, 0.15) is 25.3 Å². The van der Waals surface area contributed by atoms with Crippen molar-refractivity contribution in [1.29, 1.82) is 0 Å². The van der Waals surface area contributed by atoms with E-state index in [2.05, 4.69) is 5.32 Å². The highest BCUT2D eigenvalue weighted by Crippen LogP contribution is 2.30. The third-order valence-electron chi connectivity index (χ3n) is 6.08. The second-order valence-corrected chi connectivity index (χ2v) is 10.3. The maximum atomic E-state index is 14.0. The molecule has 1 saturated heterocycles. The quantitative estimate of drug-likeness (QED) is 0.538. The molecule has 8 nitrogen and oxygen atoms in total. The van der Waals surface area contributed by atoms with E-state index in [0.29, 0.717) is 37.0 Å². The van der Waals surface area contributed by atoms with Gasteiger partial charge in [-0.25, -0.2) is 22.3 Å². The van der Waals surface area contributed by atoms with E-state index < -0.39 is 28.2 Å². The van der Waals surface area contributed by atoms with Crippen LogP contribution in [-0.2, 0) is 14.8 Å². The molecule has 1 heterocycles. The lowest BCUT2D eigenvalue weighted by Gasteiger charge is -2.37. The number of ether oxygens (including phenoxy) is 1. The summed E-state index contributed by atoms with van der Waals surface area (Å²) in [5, 5.41) is 4.08. The Morgan fingerprint density at radius 2 is 1.71 bits per heavy atom. The summed E-state index contributed by atoms with van der Waals surface area (Å²) in [7, 11) is -4.22. The fourth-order valence-electron chi connectivity index (χ4n) is 4.40. The van der Waals surface area contributed by atoms with Gasteiger partial charge in [0.2, 0.25) is 0 Å². The van der Waals surface area contributed by atoms with Crippen molar-refractivity contribution < 1.29 is 22.7 Å². The molecule has 0 radical (unpaired) electrons. The van der Waals surface area contributed by atoms with E-state index in [9.17, 15) is 18.0 Å². The average molecular weight is 496 g/mol. The van der Waals surface area contributed by atoms with E-state index in [0.717, 1.165) is 15.3 Å². The smallest absolute Gasteiger partial charge is 0.409 e. The van der Waals surface area contributed by atoms with E-state index in [1.165, 1.54) is 6.07 Å². The highest BCUT2D eigenvalue weighted by Gasteiger charge is 2.39. The number of amides is 3. The highest BCUT2D eigenvalue weighted by molar-refractivity contribution is 7.90. The molecule has 9 heteroatoms. The summed E-state index contributed by atoms with van der Waals surface area (Å²) in [5.41, 5.74) is 1.45. The minimum absolute atomic E-state index is 0.0721. The predicted molar refractivity (Wildman–Crippen MR) is 135 cm³/mol.